The fourth-order valence-electron chi connectivity index (χ4n) is 4.24. The van der Waals surface area contributed by atoms with Gasteiger partial charge in [0.1, 0.15) is 24.1 Å². The van der Waals surface area contributed by atoms with Gasteiger partial charge in [-0.3, -0.25) is 4.79 Å². The summed E-state index contributed by atoms with van der Waals surface area (Å²) in [5.74, 6) is -0.715. The van der Waals surface area contributed by atoms with Crippen LogP contribution in [0.15, 0.2) is 54.7 Å². The summed E-state index contributed by atoms with van der Waals surface area (Å²) in [5, 5.41) is 0. The first kappa shape index (κ1) is 26.5. The molecule has 0 fully saturated rings. The highest BCUT2D eigenvalue weighted by Gasteiger charge is 2.38. The molecule has 2 aromatic carbocycles. The first-order valence-electron chi connectivity index (χ1n) is 11.7. The zero-order chi connectivity index (χ0) is 25.6. The molecule has 0 spiro atoms. The van der Waals surface area contributed by atoms with Gasteiger partial charge in [-0.1, -0.05) is 51.1 Å². The number of carbonyl (C=O) groups excluding carboxylic acids is 1. The van der Waals surface area contributed by atoms with Crippen LogP contribution in [-0.4, -0.2) is 47.2 Å². The van der Waals surface area contributed by atoms with Crippen LogP contribution in [0.3, 0.4) is 0 Å². The summed E-state index contributed by atoms with van der Waals surface area (Å²) in [6.45, 7) is 7.29. The molecule has 0 aliphatic rings. The van der Waals surface area contributed by atoms with Crippen molar-refractivity contribution in [1.29, 1.82) is 0 Å². The second-order valence-corrected chi connectivity index (χ2v) is 9.65. The number of halogens is 2. The molecular weight excluding hydrogens is 450 g/mol. The third kappa shape index (κ3) is 6.52. The molecule has 35 heavy (non-hydrogen) atoms. The highest BCUT2D eigenvalue weighted by atomic mass is 19.1. The van der Waals surface area contributed by atoms with Crippen molar-refractivity contribution < 1.29 is 18.3 Å². The summed E-state index contributed by atoms with van der Waals surface area (Å²) < 4.78 is 35.8. The normalized spacial score (nSPS) is 12.5. The van der Waals surface area contributed by atoms with Crippen LogP contribution < -0.4 is 5.73 Å². The Kier molecular flexibility index (Phi) is 8.75. The van der Waals surface area contributed by atoms with Crippen molar-refractivity contribution >= 4 is 5.91 Å². The lowest BCUT2D eigenvalue weighted by Crippen LogP contribution is -2.45. The largest absolute Gasteiger partial charge is 0.375 e. The molecule has 1 atom stereocenters. The summed E-state index contributed by atoms with van der Waals surface area (Å²) in [5.41, 5.74) is 6.73. The topological polar surface area (TPSA) is 73.4 Å². The monoisotopic (exact) mass is 484 g/mol. The lowest BCUT2D eigenvalue weighted by molar-refractivity contribution is -0.140. The number of amides is 1. The van der Waals surface area contributed by atoms with Crippen molar-refractivity contribution in [3.8, 4) is 11.3 Å². The van der Waals surface area contributed by atoms with Gasteiger partial charge in [-0.2, -0.15) is 0 Å². The van der Waals surface area contributed by atoms with E-state index in [0.29, 0.717) is 37.6 Å². The van der Waals surface area contributed by atoms with E-state index in [1.165, 1.54) is 7.11 Å². The van der Waals surface area contributed by atoms with E-state index in [9.17, 15) is 13.6 Å². The van der Waals surface area contributed by atoms with Crippen LogP contribution >= 0.6 is 0 Å². The smallest absolute Gasteiger partial charge is 0.249 e. The fourth-order valence-corrected chi connectivity index (χ4v) is 4.24. The molecule has 2 N–H and O–H groups in total. The lowest BCUT2D eigenvalue weighted by atomic mass is 9.84. The van der Waals surface area contributed by atoms with Gasteiger partial charge in [0.25, 0.3) is 0 Å². The zero-order valence-electron chi connectivity index (χ0n) is 20.8. The summed E-state index contributed by atoms with van der Waals surface area (Å²) >= 11 is 0. The predicted molar refractivity (Wildman–Crippen MR) is 133 cm³/mol. The van der Waals surface area contributed by atoms with Gasteiger partial charge in [0.2, 0.25) is 5.91 Å². The van der Waals surface area contributed by atoms with Gasteiger partial charge in [-0.15, -0.1) is 0 Å². The maximum atomic E-state index is 14.7. The third-order valence-electron chi connectivity index (χ3n) is 5.78. The Balaban J connectivity index is 2.20. The Bertz CT molecular complexity index is 1130. The number of ether oxygens (including phenoxy) is 1. The van der Waals surface area contributed by atoms with E-state index >= 15 is 0 Å². The number of hydrogen-bond acceptors (Lipinski definition) is 4. The quantitative estimate of drug-likeness (QED) is 0.449. The minimum atomic E-state index is -0.565. The zero-order valence-corrected chi connectivity index (χ0v) is 20.8. The Hall–Kier alpha value is -3.10. The molecule has 0 radical (unpaired) electrons. The number of benzene rings is 2. The molecule has 0 unspecified atom stereocenters. The van der Waals surface area contributed by atoms with Crippen molar-refractivity contribution in [2.24, 2.45) is 11.1 Å². The Morgan fingerprint density at radius 1 is 1.17 bits per heavy atom. The molecule has 6 nitrogen and oxygen atoms in total. The van der Waals surface area contributed by atoms with Gasteiger partial charge >= 0.3 is 0 Å². The van der Waals surface area contributed by atoms with Crippen molar-refractivity contribution in [1.82, 2.24) is 14.5 Å². The average molecular weight is 485 g/mol. The first-order valence-corrected chi connectivity index (χ1v) is 11.7. The highest BCUT2D eigenvalue weighted by Crippen LogP contribution is 2.39. The Labute approximate surface area is 205 Å². The van der Waals surface area contributed by atoms with Crippen LogP contribution in [-0.2, 0) is 16.1 Å². The van der Waals surface area contributed by atoms with Crippen LogP contribution in [0.5, 0.6) is 0 Å². The minimum absolute atomic E-state index is 0.0717. The molecule has 1 heterocycles. The van der Waals surface area contributed by atoms with Gasteiger partial charge in [0.15, 0.2) is 0 Å². The number of hydrogen-bond donors (Lipinski definition) is 1. The number of rotatable bonds is 10. The van der Waals surface area contributed by atoms with Gasteiger partial charge in [-0.05, 0) is 42.1 Å². The SMILES string of the molecule is COCC(=O)N(CCCN)[C@@H](c1nc(-c2cc(F)ccc2F)cn1Cc1ccccc1)C(C)(C)C. The van der Waals surface area contributed by atoms with E-state index in [-0.39, 0.29) is 18.1 Å². The van der Waals surface area contributed by atoms with Crippen LogP contribution in [0.2, 0.25) is 0 Å². The number of nitrogens with two attached hydrogens (primary N) is 1. The van der Waals surface area contributed by atoms with Crippen LogP contribution in [0.4, 0.5) is 8.78 Å². The van der Waals surface area contributed by atoms with E-state index in [1.54, 1.807) is 11.1 Å². The molecule has 8 heteroatoms. The molecule has 188 valence electrons. The Morgan fingerprint density at radius 2 is 1.89 bits per heavy atom. The maximum Gasteiger partial charge on any atom is 0.249 e. The van der Waals surface area contributed by atoms with Gasteiger partial charge < -0.3 is 19.9 Å². The van der Waals surface area contributed by atoms with Crippen LogP contribution in [0, 0.1) is 17.0 Å². The average Bonchev–Trinajstić information content (AvgIpc) is 3.20. The minimum Gasteiger partial charge on any atom is -0.375 e. The van der Waals surface area contributed by atoms with Crippen molar-refractivity contribution in [3.05, 3.63) is 77.8 Å². The summed E-state index contributed by atoms with van der Waals surface area (Å²) in [4.78, 5) is 19.7. The molecule has 3 rings (SSSR count). The van der Waals surface area contributed by atoms with Gasteiger partial charge in [-0.25, -0.2) is 13.8 Å². The van der Waals surface area contributed by atoms with Crippen molar-refractivity contribution in [2.75, 3.05) is 26.8 Å². The first-order chi connectivity index (χ1) is 16.7. The number of methoxy groups -OCH3 is 1. The van der Waals surface area contributed by atoms with Crippen molar-refractivity contribution in [3.63, 3.8) is 0 Å². The van der Waals surface area contributed by atoms with E-state index in [4.69, 9.17) is 15.5 Å². The molecular formula is C27H34F2N4O2. The number of imidazole rings is 1. The Morgan fingerprint density at radius 3 is 2.51 bits per heavy atom. The molecule has 1 aromatic heterocycles. The molecule has 0 aliphatic carbocycles. The van der Waals surface area contributed by atoms with Crippen LogP contribution in [0.1, 0.15) is 44.6 Å². The highest BCUT2D eigenvalue weighted by molar-refractivity contribution is 5.78. The number of carbonyl (C=O) groups is 1. The summed E-state index contributed by atoms with van der Waals surface area (Å²) in [7, 11) is 1.48. The standard InChI is InChI=1S/C27H34F2N4O2/c1-27(2,3)25(33(14-8-13-30)24(34)18-35-4)26-31-23(21-15-20(28)11-12-22(21)29)17-32(26)16-19-9-6-5-7-10-19/h5-7,9-12,15,17,25H,8,13-14,16,18,30H2,1-4H3/t25-/m0/s1. The molecule has 0 saturated heterocycles. The van der Waals surface area contributed by atoms with Gasteiger partial charge in [0, 0.05) is 32.0 Å². The lowest BCUT2D eigenvalue weighted by Gasteiger charge is -2.40. The predicted octanol–water partition coefficient (Wildman–Crippen LogP) is 4.79. The molecule has 0 saturated carbocycles. The van der Waals surface area contributed by atoms with Crippen LogP contribution in [0.25, 0.3) is 11.3 Å². The summed E-state index contributed by atoms with van der Waals surface area (Å²) in [6.07, 6.45) is 2.33. The molecule has 0 bridgehead atoms. The maximum absolute atomic E-state index is 14.7. The second kappa shape index (κ2) is 11.6. The van der Waals surface area contributed by atoms with E-state index in [0.717, 1.165) is 23.8 Å². The number of aromatic nitrogens is 2. The number of nitrogens with zero attached hydrogens (tertiary/aromatic N) is 3. The van der Waals surface area contributed by atoms with Crippen molar-refractivity contribution in [2.45, 2.75) is 39.8 Å². The summed E-state index contributed by atoms with van der Waals surface area (Å²) in [6, 6.07) is 12.6. The van der Waals surface area contributed by atoms with Gasteiger partial charge in [0.05, 0.1) is 11.7 Å². The second-order valence-electron chi connectivity index (χ2n) is 9.65. The molecule has 3 aromatic rings. The fraction of sp³-hybridized carbons (Fsp3) is 0.407. The van der Waals surface area contributed by atoms with E-state index in [2.05, 4.69) is 0 Å². The molecule has 0 aliphatic heterocycles. The third-order valence-corrected chi connectivity index (χ3v) is 5.78. The van der Waals surface area contributed by atoms with E-state index < -0.39 is 23.1 Å². The van der Waals surface area contributed by atoms with E-state index in [1.807, 2.05) is 55.7 Å². The molecule has 1 amide bonds.